The van der Waals surface area contributed by atoms with Crippen LogP contribution in [0.4, 0.5) is 5.13 Å². The van der Waals surface area contributed by atoms with E-state index in [0.717, 1.165) is 17.7 Å². The summed E-state index contributed by atoms with van der Waals surface area (Å²) in [5.74, 6) is 0.987. The van der Waals surface area contributed by atoms with Gasteiger partial charge in [0.1, 0.15) is 0 Å². The summed E-state index contributed by atoms with van der Waals surface area (Å²) in [5.41, 5.74) is 7.59. The molecule has 4 heterocycles. The number of hydrogen-bond acceptors (Lipinski definition) is 8. The number of hydrogen-bond donors (Lipinski definition) is 1. The summed E-state index contributed by atoms with van der Waals surface area (Å²) in [7, 11) is 3.94. The number of fused-ring (bicyclic) bond motifs is 4. The molecule has 150 valence electrons. The molecule has 0 aromatic carbocycles. The van der Waals surface area contributed by atoms with Crippen molar-refractivity contribution in [1.82, 2.24) is 24.6 Å². The Balaban J connectivity index is 1.47. The van der Waals surface area contributed by atoms with Crippen LogP contribution >= 0.6 is 23.1 Å². The van der Waals surface area contributed by atoms with Gasteiger partial charge in [-0.2, -0.15) is 0 Å². The van der Waals surface area contributed by atoms with Crippen LogP contribution < -0.4 is 11.3 Å². The quantitative estimate of drug-likeness (QED) is 0.723. The van der Waals surface area contributed by atoms with E-state index in [4.69, 9.17) is 5.73 Å². The highest BCUT2D eigenvalue weighted by atomic mass is 32.2. The Hall–Kier alpha value is -1.91. The molecule has 0 saturated carbocycles. The molecule has 0 aliphatic carbocycles. The maximum Gasteiger partial charge on any atom is 0.255 e. The number of carbonyl (C=O) groups excluding carboxylic acids is 1. The molecule has 8 nitrogen and oxygen atoms in total. The number of nitrogens with two attached hydrogens (primary N) is 1. The van der Waals surface area contributed by atoms with Gasteiger partial charge in [0.05, 0.1) is 5.75 Å². The molecule has 2 aromatic rings. The van der Waals surface area contributed by atoms with Gasteiger partial charge in [-0.25, -0.2) is 0 Å². The first-order valence-electron chi connectivity index (χ1n) is 9.27. The Kier molecular flexibility index (Phi) is 5.44. The first-order chi connectivity index (χ1) is 13.4. The molecule has 0 spiro atoms. The van der Waals surface area contributed by atoms with E-state index in [1.54, 1.807) is 0 Å². The third-order valence-corrected chi connectivity index (χ3v) is 7.13. The second-order valence-corrected chi connectivity index (χ2v) is 9.96. The molecule has 2 aliphatic rings. The number of pyridine rings is 1. The van der Waals surface area contributed by atoms with E-state index in [0.29, 0.717) is 47.3 Å². The van der Waals surface area contributed by atoms with Gasteiger partial charge in [0.2, 0.25) is 11.0 Å². The second-order valence-electron chi connectivity index (χ2n) is 7.73. The number of thioether (sulfide) groups is 1. The predicted molar refractivity (Wildman–Crippen MR) is 111 cm³/mol. The summed E-state index contributed by atoms with van der Waals surface area (Å²) in [4.78, 5) is 29.6. The number of nitrogens with zero attached hydrogens (tertiary/aromatic N) is 5. The zero-order valence-electron chi connectivity index (χ0n) is 16.0. The van der Waals surface area contributed by atoms with E-state index in [9.17, 15) is 9.59 Å². The first kappa shape index (κ1) is 19.4. The maximum atomic E-state index is 12.9. The molecule has 28 heavy (non-hydrogen) atoms. The predicted octanol–water partition coefficient (Wildman–Crippen LogP) is 1.08. The maximum absolute atomic E-state index is 12.9. The fourth-order valence-electron chi connectivity index (χ4n) is 4.15. The largest absolute Gasteiger partial charge is 0.374 e. The smallest absolute Gasteiger partial charge is 0.255 e. The lowest BCUT2D eigenvalue weighted by atomic mass is 9.83. The van der Waals surface area contributed by atoms with Gasteiger partial charge < -0.3 is 20.1 Å². The van der Waals surface area contributed by atoms with Crippen molar-refractivity contribution < 1.29 is 4.79 Å². The van der Waals surface area contributed by atoms with E-state index in [-0.39, 0.29) is 17.4 Å². The van der Waals surface area contributed by atoms with Crippen molar-refractivity contribution in [2.24, 2.45) is 5.92 Å². The van der Waals surface area contributed by atoms with Crippen molar-refractivity contribution in [3.63, 3.8) is 0 Å². The van der Waals surface area contributed by atoms with Crippen LogP contribution in [0.25, 0.3) is 0 Å². The van der Waals surface area contributed by atoms with Crippen LogP contribution in [-0.4, -0.2) is 63.4 Å². The molecule has 1 saturated heterocycles. The molecule has 1 amide bonds. The zero-order valence-corrected chi connectivity index (χ0v) is 17.6. The number of amides is 1. The molecule has 1 fully saturated rings. The molecule has 2 N–H and O–H groups in total. The molecular weight excluding hydrogens is 396 g/mol. The normalized spacial score (nSPS) is 21.0. The third-order valence-electron chi connectivity index (χ3n) is 5.26. The molecule has 0 radical (unpaired) electrons. The average Bonchev–Trinajstić information content (AvgIpc) is 3.07. The number of nitrogen functional groups attached to an aromatic ring is 1. The van der Waals surface area contributed by atoms with Crippen LogP contribution in [-0.2, 0) is 17.9 Å². The monoisotopic (exact) mass is 420 g/mol. The van der Waals surface area contributed by atoms with Gasteiger partial charge in [0.25, 0.3) is 5.56 Å². The van der Waals surface area contributed by atoms with Gasteiger partial charge in [-0.1, -0.05) is 29.2 Å². The van der Waals surface area contributed by atoms with Crippen molar-refractivity contribution in [3.05, 3.63) is 33.7 Å². The highest BCUT2D eigenvalue weighted by molar-refractivity contribution is 8.01. The molecule has 4 rings (SSSR count). The second kappa shape index (κ2) is 7.84. The minimum absolute atomic E-state index is 0.105. The van der Waals surface area contributed by atoms with Crippen molar-refractivity contribution >= 4 is 34.1 Å². The number of carbonyl (C=O) groups is 1. The fraction of sp³-hybridized carbons (Fsp3) is 0.556. The van der Waals surface area contributed by atoms with Crippen LogP contribution in [0, 0.1) is 5.92 Å². The summed E-state index contributed by atoms with van der Waals surface area (Å²) in [6, 6.07) is 4.03. The van der Waals surface area contributed by atoms with Gasteiger partial charge in [-0.05, 0) is 32.5 Å². The fourth-order valence-corrected chi connectivity index (χ4v) is 5.69. The lowest BCUT2D eigenvalue weighted by molar-refractivity contribution is -0.131. The Morgan fingerprint density at radius 1 is 1.32 bits per heavy atom. The number of piperidine rings is 1. The molecule has 2 atom stereocenters. The average molecular weight is 421 g/mol. The summed E-state index contributed by atoms with van der Waals surface area (Å²) in [5, 5.41) is 8.14. The minimum atomic E-state index is 0.105. The molecule has 0 unspecified atom stereocenters. The summed E-state index contributed by atoms with van der Waals surface area (Å²) in [6.45, 7) is 2.71. The van der Waals surface area contributed by atoms with Crippen molar-refractivity contribution in [2.45, 2.75) is 29.8 Å². The lowest BCUT2D eigenvalue weighted by Crippen LogP contribution is -2.50. The molecule has 10 heteroatoms. The van der Waals surface area contributed by atoms with Crippen molar-refractivity contribution in [3.8, 4) is 0 Å². The standard InChI is InChI=1S/C18H24N6O2S2/c1-22(2)8-12-3-4-14-13-5-11(7-24(14)16(12)26)6-23(9-13)15(25)10-27-18-21-20-17(19)28-18/h3-4,11,13H,5-10H2,1-2H3,(H2,19,20)/t11-,13+/m0/s1. The third kappa shape index (κ3) is 3.94. The van der Waals surface area contributed by atoms with E-state index in [1.165, 1.54) is 23.1 Å². The molecule has 2 aromatic heterocycles. The van der Waals surface area contributed by atoms with E-state index >= 15 is 0 Å². The van der Waals surface area contributed by atoms with E-state index in [1.807, 2.05) is 34.5 Å². The number of aromatic nitrogens is 3. The zero-order chi connectivity index (χ0) is 19.8. The van der Waals surface area contributed by atoms with Gasteiger partial charge in [0.15, 0.2) is 4.34 Å². The van der Waals surface area contributed by atoms with Crippen LogP contribution in [0.15, 0.2) is 21.3 Å². The van der Waals surface area contributed by atoms with Crippen LogP contribution in [0.5, 0.6) is 0 Å². The van der Waals surface area contributed by atoms with Crippen LogP contribution in [0.3, 0.4) is 0 Å². The minimum Gasteiger partial charge on any atom is -0.374 e. The number of anilines is 1. The van der Waals surface area contributed by atoms with Gasteiger partial charge in [-0.15, -0.1) is 10.2 Å². The van der Waals surface area contributed by atoms with Crippen LogP contribution in [0.2, 0.25) is 0 Å². The molecule has 2 bridgehead atoms. The topological polar surface area (TPSA) is 97.4 Å². The highest BCUT2D eigenvalue weighted by Gasteiger charge is 2.36. The first-order valence-corrected chi connectivity index (χ1v) is 11.1. The Morgan fingerprint density at radius 2 is 2.14 bits per heavy atom. The van der Waals surface area contributed by atoms with Gasteiger partial charge in [0, 0.05) is 43.4 Å². The molecule has 2 aliphatic heterocycles. The summed E-state index contributed by atoms with van der Waals surface area (Å²) >= 11 is 2.68. The highest BCUT2D eigenvalue weighted by Crippen LogP contribution is 2.35. The lowest BCUT2D eigenvalue weighted by Gasteiger charge is -2.43. The van der Waals surface area contributed by atoms with Crippen molar-refractivity contribution in [1.29, 1.82) is 0 Å². The molecular formula is C18H24N6O2S2. The van der Waals surface area contributed by atoms with Crippen LogP contribution in [0.1, 0.15) is 23.6 Å². The Morgan fingerprint density at radius 3 is 2.86 bits per heavy atom. The SMILES string of the molecule is CN(C)Cc1ccc2n(c1=O)C[C@H]1C[C@@H]2CN(C(=O)CSc2nnc(N)s2)C1. The number of rotatable bonds is 5. The summed E-state index contributed by atoms with van der Waals surface area (Å²) in [6.07, 6.45) is 1.04. The Labute approximate surface area is 171 Å². The van der Waals surface area contributed by atoms with Crippen molar-refractivity contribution in [2.75, 3.05) is 38.7 Å². The number of likely N-dealkylation sites (tertiary alicyclic amines) is 1. The van der Waals surface area contributed by atoms with E-state index in [2.05, 4.69) is 16.3 Å². The van der Waals surface area contributed by atoms with E-state index < -0.39 is 0 Å². The summed E-state index contributed by atoms with van der Waals surface area (Å²) < 4.78 is 2.66. The van der Waals surface area contributed by atoms with Gasteiger partial charge in [-0.3, -0.25) is 9.59 Å². The Bertz CT molecular complexity index is 940. The van der Waals surface area contributed by atoms with Gasteiger partial charge >= 0.3 is 0 Å².